The minimum Gasteiger partial charge on any atom is -0.756 e. The summed E-state index contributed by atoms with van der Waals surface area (Å²) in [6, 6.07) is 0. The van der Waals surface area contributed by atoms with Crippen molar-refractivity contribution in [3.63, 3.8) is 0 Å². The number of phosphoric ester groups is 1. The van der Waals surface area contributed by atoms with Crippen LogP contribution in [0.5, 0.6) is 0 Å². The molecule has 62 heavy (non-hydrogen) atoms. The maximum absolute atomic E-state index is 12.8. The molecule has 0 aliphatic heterocycles. The number of esters is 1. The number of hydrogen-bond donors (Lipinski definition) is 0. The lowest BCUT2D eigenvalue weighted by atomic mass is 10.0. The summed E-state index contributed by atoms with van der Waals surface area (Å²) in [5.41, 5.74) is 0. The van der Waals surface area contributed by atoms with Crippen molar-refractivity contribution in [2.45, 2.75) is 232 Å². The van der Waals surface area contributed by atoms with Crippen LogP contribution in [0.2, 0.25) is 0 Å². The molecule has 0 saturated carbocycles. The Morgan fingerprint density at radius 2 is 0.935 bits per heavy atom. The summed E-state index contributed by atoms with van der Waals surface area (Å²) in [5.74, 6) is -0.338. The number of carbonyl (C=O) groups excluding carboxylic acids is 1. The molecule has 0 radical (unpaired) electrons. The molecule has 0 aliphatic carbocycles. The zero-order valence-corrected chi connectivity index (χ0v) is 42.2. The van der Waals surface area contributed by atoms with Crippen molar-refractivity contribution in [1.82, 2.24) is 0 Å². The molecule has 2 atom stereocenters. The summed E-state index contributed by atoms with van der Waals surface area (Å²) < 4.78 is 34.7. The van der Waals surface area contributed by atoms with Crippen LogP contribution in [0.25, 0.3) is 0 Å². The Balaban J connectivity index is 4.14. The lowest BCUT2D eigenvalue weighted by molar-refractivity contribution is -0.870. The zero-order valence-electron chi connectivity index (χ0n) is 41.3. The Hall–Kier alpha value is -1.54. The smallest absolute Gasteiger partial charge is 0.306 e. The number of allylic oxidation sites excluding steroid dienone is 8. The molecule has 0 aliphatic rings. The van der Waals surface area contributed by atoms with Crippen molar-refractivity contribution in [2.75, 3.05) is 54.1 Å². The molecule has 0 bridgehead atoms. The molecule has 0 spiro atoms. The van der Waals surface area contributed by atoms with Crippen LogP contribution >= 0.6 is 7.82 Å². The molecular weight excluding hydrogens is 794 g/mol. The number of hydrogen-bond acceptors (Lipinski definition) is 7. The van der Waals surface area contributed by atoms with Gasteiger partial charge in [0.15, 0.2) is 0 Å². The van der Waals surface area contributed by atoms with Crippen LogP contribution in [-0.2, 0) is 27.9 Å². The van der Waals surface area contributed by atoms with Crippen LogP contribution < -0.4 is 4.89 Å². The maximum Gasteiger partial charge on any atom is 0.306 e. The summed E-state index contributed by atoms with van der Waals surface area (Å²) in [4.78, 5) is 25.2. The normalized spacial score (nSPS) is 14.0. The second kappa shape index (κ2) is 46.0. The number of likely N-dealkylation sites (N-methyl/N-ethyl adjacent to an activating group) is 1. The number of nitrogens with zero attached hydrogens (tertiary/aromatic N) is 1. The van der Waals surface area contributed by atoms with Crippen LogP contribution in [0, 0.1) is 0 Å². The van der Waals surface area contributed by atoms with E-state index in [9.17, 15) is 14.3 Å². The Kier molecular flexibility index (Phi) is 44.9. The van der Waals surface area contributed by atoms with Gasteiger partial charge in [0.05, 0.1) is 34.4 Å². The Labute approximate surface area is 384 Å². The zero-order chi connectivity index (χ0) is 45.5. The summed E-state index contributed by atoms with van der Waals surface area (Å²) in [5, 5.41) is 0. The van der Waals surface area contributed by atoms with Gasteiger partial charge in [-0.05, 0) is 51.4 Å². The van der Waals surface area contributed by atoms with Gasteiger partial charge in [0, 0.05) is 13.0 Å². The topological polar surface area (TPSA) is 94.1 Å². The molecule has 9 heteroatoms. The summed E-state index contributed by atoms with van der Waals surface area (Å²) >= 11 is 0. The number of rotatable bonds is 48. The number of unbranched alkanes of at least 4 members (excludes halogenated alkanes) is 26. The van der Waals surface area contributed by atoms with Crippen LogP contribution in [-0.4, -0.2) is 70.7 Å². The average Bonchev–Trinajstić information content (AvgIpc) is 3.23. The van der Waals surface area contributed by atoms with Gasteiger partial charge in [0.2, 0.25) is 0 Å². The van der Waals surface area contributed by atoms with Gasteiger partial charge < -0.3 is 27.9 Å². The number of carbonyl (C=O) groups is 1. The minimum atomic E-state index is -4.54. The van der Waals surface area contributed by atoms with Crippen molar-refractivity contribution >= 4 is 13.8 Å². The van der Waals surface area contributed by atoms with Gasteiger partial charge in [-0.15, -0.1) is 0 Å². The fourth-order valence-electron chi connectivity index (χ4n) is 7.19. The van der Waals surface area contributed by atoms with Gasteiger partial charge in [-0.1, -0.05) is 217 Å². The third-order valence-electron chi connectivity index (χ3n) is 11.1. The summed E-state index contributed by atoms with van der Waals surface area (Å²) in [6.07, 6.45) is 57.1. The third kappa shape index (κ3) is 49.5. The van der Waals surface area contributed by atoms with Crippen LogP contribution in [0.3, 0.4) is 0 Å². The second-order valence-electron chi connectivity index (χ2n) is 18.5. The van der Waals surface area contributed by atoms with Crippen LogP contribution in [0.4, 0.5) is 0 Å². The van der Waals surface area contributed by atoms with Crippen molar-refractivity contribution in [3.05, 3.63) is 48.6 Å². The third-order valence-corrected chi connectivity index (χ3v) is 12.1. The molecule has 2 unspecified atom stereocenters. The van der Waals surface area contributed by atoms with Crippen LogP contribution in [0.15, 0.2) is 48.6 Å². The average molecular weight is 894 g/mol. The molecule has 0 fully saturated rings. The van der Waals surface area contributed by atoms with Gasteiger partial charge in [-0.3, -0.25) is 9.36 Å². The highest BCUT2D eigenvalue weighted by Gasteiger charge is 2.20. The van der Waals surface area contributed by atoms with E-state index < -0.39 is 13.9 Å². The van der Waals surface area contributed by atoms with E-state index in [1.54, 1.807) is 0 Å². The fraction of sp³-hybridized carbons (Fsp3) is 0.830. The van der Waals surface area contributed by atoms with Crippen molar-refractivity contribution in [1.29, 1.82) is 0 Å². The molecule has 0 N–H and O–H groups in total. The molecule has 364 valence electrons. The van der Waals surface area contributed by atoms with Gasteiger partial charge in [0.1, 0.15) is 19.3 Å². The SMILES string of the molecule is CC/C=C\C/C=C\C/C=C\C/C=C\CCCCCCCOCC(COP(=O)([O-])OCC[N+](C)(C)C)OC(=O)CCCCCCCCCCCCCCCCCCCCCCCC. The standard InChI is InChI=1S/C53H100NO7P/c1-6-8-10-12-14-16-18-20-22-24-26-27-28-29-30-32-34-36-38-40-42-44-46-53(55)61-52(51-60-62(56,57)59-49-47-54(3,4)5)50-58-48-45-43-41-39-37-35-33-31-25-23-21-19-17-15-13-11-9-7-2/h9,11,15,17,21,23,31,33,52H,6-8,10,12-14,16,18-20,22,24-30,32,34-51H2,1-5H3/b11-9-,17-15-,23-21-,33-31-. The number of quaternary nitrogens is 1. The highest BCUT2D eigenvalue weighted by atomic mass is 31.2. The Morgan fingerprint density at radius 1 is 0.516 bits per heavy atom. The molecular formula is C53H100NO7P. The van der Waals surface area contributed by atoms with E-state index in [2.05, 4.69) is 62.5 Å². The van der Waals surface area contributed by atoms with E-state index in [0.717, 1.165) is 70.6 Å². The predicted octanol–water partition coefficient (Wildman–Crippen LogP) is 15.3. The molecule has 0 saturated heterocycles. The molecule has 0 aromatic carbocycles. The van der Waals surface area contributed by atoms with Crippen LogP contribution in [0.1, 0.15) is 226 Å². The molecule has 8 nitrogen and oxygen atoms in total. The van der Waals surface area contributed by atoms with Gasteiger partial charge in [0.25, 0.3) is 7.82 Å². The Morgan fingerprint density at radius 3 is 1.40 bits per heavy atom. The van der Waals surface area contributed by atoms with E-state index in [-0.39, 0.29) is 25.8 Å². The predicted molar refractivity (Wildman–Crippen MR) is 263 cm³/mol. The first-order valence-corrected chi connectivity index (χ1v) is 27.3. The van der Waals surface area contributed by atoms with Gasteiger partial charge in [-0.25, -0.2) is 0 Å². The number of ether oxygens (including phenoxy) is 2. The van der Waals surface area contributed by atoms with E-state index in [1.165, 1.54) is 135 Å². The largest absolute Gasteiger partial charge is 0.756 e. The van der Waals surface area contributed by atoms with E-state index in [1.807, 2.05) is 21.1 Å². The van der Waals surface area contributed by atoms with Crippen molar-refractivity contribution < 1.29 is 37.3 Å². The minimum absolute atomic E-state index is 0.0220. The first kappa shape index (κ1) is 60.5. The van der Waals surface area contributed by atoms with E-state index in [0.29, 0.717) is 24.1 Å². The summed E-state index contributed by atoms with van der Waals surface area (Å²) in [7, 11) is 1.35. The molecule has 0 aromatic heterocycles. The highest BCUT2D eigenvalue weighted by Crippen LogP contribution is 2.38. The van der Waals surface area contributed by atoms with Gasteiger partial charge >= 0.3 is 5.97 Å². The van der Waals surface area contributed by atoms with Crippen molar-refractivity contribution in [3.8, 4) is 0 Å². The maximum atomic E-state index is 12.8. The summed E-state index contributed by atoms with van der Waals surface area (Å²) in [6.45, 7) is 5.29. The van der Waals surface area contributed by atoms with E-state index >= 15 is 0 Å². The highest BCUT2D eigenvalue weighted by molar-refractivity contribution is 7.45. The number of phosphoric acid groups is 1. The van der Waals surface area contributed by atoms with Crippen molar-refractivity contribution in [2.24, 2.45) is 0 Å². The quantitative estimate of drug-likeness (QED) is 0.0197. The Bertz CT molecular complexity index is 1130. The first-order chi connectivity index (χ1) is 30.1. The molecule has 0 amide bonds. The molecule has 0 aromatic rings. The first-order valence-electron chi connectivity index (χ1n) is 25.9. The molecule has 0 rings (SSSR count). The molecule has 0 heterocycles. The monoisotopic (exact) mass is 894 g/mol. The van der Waals surface area contributed by atoms with Gasteiger partial charge in [-0.2, -0.15) is 0 Å². The fourth-order valence-corrected chi connectivity index (χ4v) is 7.91. The lowest BCUT2D eigenvalue weighted by Gasteiger charge is -2.28. The lowest BCUT2D eigenvalue weighted by Crippen LogP contribution is -2.37. The second-order valence-corrected chi connectivity index (χ2v) is 19.9. The van der Waals surface area contributed by atoms with E-state index in [4.69, 9.17) is 18.5 Å².